The number of hydrogen-bond donors (Lipinski definition) is 2. The first-order chi connectivity index (χ1) is 14.6. The van der Waals surface area contributed by atoms with Crippen molar-refractivity contribution in [2.75, 3.05) is 10.6 Å². The van der Waals surface area contributed by atoms with Gasteiger partial charge in [-0.15, -0.1) is 11.3 Å². The number of carbonyl (C=O) groups excluding carboxylic acids is 2. The Hall–Kier alpha value is -3.84. The molecule has 2 amide bonds. The number of amides is 2. The summed E-state index contributed by atoms with van der Waals surface area (Å²) in [6.07, 6.45) is 1.70. The normalized spacial score (nSPS) is 10.4. The minimum Gasteiger partial charge on any atom is -0.322 e. The predicted octanol–water partition coefficient (Wildman–Crippen LogP) is 5.02. The third-order valence-corrected chi connectivity index (χ3v) is 5.48. The van der Waals surface area contributed by atoms with Crippen LogP contribution in [0.25, 0.3) is 10.7 Å². The molecular formula is C23H18N4O2S. The lowest BCUT2D eigenvalue weighted by atomic mass is 10.2. The van der Waals surface area contributed by atoms with Crippen molar-refractivity contribution in [1.29, 1.82) is 0 Å². The highest BCUT2D eigenvalue weighted by Gasteiger charge is 2.17. The van der Waals surface area contributed by atoms with E-state index in [1.165, 1.54) is 11.3 Å². The first-order valence-electron chi connectivity index (χ1n) is 9.27. The predicted molar refractivity (Wildman–Crippen MR) is 119 cm³/mol. The van der Waals surface area contributed by atoms with Gasteiger partial charge in [-0.2, -0.15) is 0 Å². The summed E-state index contributed by atoms with van der Waals surface area (Å²) in [7, 11) is 0. The molecule has 4 rings (SSSR count). The van der Waals surface area contributed by atoms with Crippen molar-refractivity contribution in [3.05, 3.63) is 95.1 Å². The number of rotatable bonds is 5. The zero-order valence-electron chi connectivity index (χ0n) is 16.1. The molecule has 4 aromatic rings. The van der Waals surface area contributed by atoms with Crippen LogP contribution in [0, 0.1) is 6.92 Å². The van der Waals surface area contributed by atoms with Crippen molar-refractivity contribution in [1.82, 2.24) is 9.97 Å². The molecule has 0 unspecified atom stereocenters. The van der Waals surface area contributed by atoms with Crippen LogP contribution in [0.1, 0.15) is 25.7 Å². The number of nitrogens with one attached hydrogen (secondary N) is 2. The molecule has 0 fully saturated rings. The average molecular weight is 414 g/mol. The van der Waals surface area contributed by atoms with Gasteiger partial charge in [0.15, 0.2) is 0 Å². The second kappa shape index (κ2) is 8.67. The van der Waals surface area contributed by atoms with Crippen LogP contribution in [0.4, 0.5) is 11.4 Å². The highest BCUT2D eigenvalue weighted by atomic mass is 32.1. The highest BCUT2D eigenvalue weighted by Crippen LogP contribution is 2.27. The number of nitrogens with zero attached hydrogens (tertiary/aromatic N) is 2. The smallest absolute Gasteiger partial charge is 0.267 e. The Kier molecular flexibility index (Phi) is 5.63. The van der Waals surface area contributed by atoms with E-state index in [0.717, 1.165) is 5.69 Å². The Labute approximate surface area is 177 Å². The molecule has 148 valence electrons. The van der Waals surface area contributed by atoms with Gasteiger partial charge in [0, 0.05) is 23.1 Å². The van der Waals surface area contributed by atoms with E-state index < -0.39 is 0 Å². The van der Waals surface area contributed by atoms with Crippen molar-refractivity contribution in [3.8, 4) is 10.7 Å². The minimum atomic E-state index is -0.251. The van der Waals surface area contributed by atoms with E-state index in [-0.39, 0.29) is 11.8 Å². The molecule has 6 nitrogen and oxygen atoms in total. The van der Waals surface area contributed by atoms with E-state index >= 15 is 0 Å². The van der Waals surface area contributed by atoms with Gasteiger partial charge in [0.05, 0.1) is 11.4 Å². The van der Waals surface area contributed by atoms with E-state index in [4.69, 9.17) is 0 Å². The summed E-state index contributed by atoms with van der Waals surface area (Å²) < 4.78 is 0. The van der Waals surface area contributed by atoms with E-state index in [1.54, 1.807) is 49.5 Å². The lowest BCUT2D eigenvalue weighted by molar-refractivity contribution is 0.102. The standard InChI is InChI=1S/C23H18N4O2S/c1-15-20(30-23(25-15)19-12-5-6-13-24-19)22(29)27-18-11-7-10-17(14-18)26-21(28)16-8-3-2-4-9-16/h2-14H,1H3,(H,26,28)(H,27,29). The van der Waals surface area contributed by atoms with E-state index in [0.29, 0.717) is 32.5 Å². The van der Waals surface area contributed by atoms with Crippen LogP contribution >= 0.6 is 11.3 Å². The van der Waals surface area contributed by atoms with Crippen LogP contribution in [-0.2, 0) is 0 Å². The number of benzene rings is 2. The molecule has 2 N–H and O–H groups in total. The van der Waals surface area contributed by atoms with E-state index in [9.17, 15) is 9.59 Å². The summed E-state index contributed by atoms with van der Waals surface area (Å²) in [5.74, 6) is -0.462. The Morgan fingerprint density at radius 1 is 0.833 bits per heavy atom. The molecule has 30 heavy (non-hydrogen) atoms. The summed E-state index contributed by atoms with van der Waals surface area (Å²) in [5.41, 5.74) is 3.12. The largest absolute Gasteiger partial charge is 0.322 e. The van der Waals surface area contributed by atoms with Crippen molar-refractivity contribution in [3.63, 3.8) is 0 Å². The van der Waals surface area contributed by atoms with Gasteiger partial charge in [-0.3, -0.25) is 14.6 Å². The second-order valence-electron chi connectivity index (χ2n) is 6.50. The maximum atomic E-state index is 12.8. The van der Waals surface area contributed by atoms with Gasteiger partial charge < -0.3 is 10.6 Å². The number of carbonyl (C=O) groups is 2. The van der Waals surface area contributed by atoms with Gasteiger partial charge in [-0.1, -0.05) is 30.3 Å². The van der Waals surface area contributed by atoms with Crippen molar-refractivity contribution in [2.24, 2.45) is 0 Å². The number of thiazole rings is 1. The molecule has 0 spiro atoms. The van der Waals surface area contributed by atoms with Crippen LogP contribution in [0.15, 0.2) is 79.0 Å². The minimum absolute atomic E-state index is 0.211. The summed E-state index contributed by atoms with van der Waals surface area (Å²) in [5, 5.41) is 6.41. The number of aryl methyl sites for hydroxylation is 1. The summed E-state index contributed by atoms with van der Waals surface area (Å²) in [4.78, 5) is 34.4. The topological polar surface area (TPSA) is 84.0 Å². The summed E-state index contributed by atoms with van der Waals surface area (Å²) in [6.45, 7) is 1.80. The van der Waals surface area contributed by atoms with Gasteiger partial charge in [0.25, 0.3) is 11.8 Å². The number of anilines is 2. The number of aromatic nitrogens is 2. The lowest BCUT2D eigenvalue weighted by Gasteiger charge is -2.08. The van der Waals surface area contributed by atoms with Crippen molar-refractivity contribution < 1.29 is 9.59 Å². The van der Waals surface area contributed by atoms with Gasteiger partial charge in [-0.25, -0.2) is 4.98 Å². The Bertz CT molecular complexity index is 1190. The molecule has 0 atom stereocenters. The van der Waals surface area contributed by atoms with Gasteiger partial charge in [0.1, 0.15) is 9.88 Å². The fraction of sp³-hybridized carbons (Fsp3) is 0.0435. The Morgan fingerprint density at radius 3 is 2.23 bits per heavy atom. The molecule has 0 bridgehead atoms. The zero-order chi connectivity index (χ0) is 20.9. The SMILES string of the molecule is Cc1nc(-c2ccccn2)sc1C(=O)Nc1cccc(NC(=O)c2ccccc2)c1. The third-order valence-electron chi connectivity index (χ3n) is 4.30. The van der Waals surface area contributed by atoms with Crippen molar-refractivity contribution >= 4 is 34.5 Å². The first-order valence-corrected chi connectivity index (χ1v) is 10.1. The Morgan fingerprint density at radius 2 is 1.53 bits per heavy atom. The average Bonchev–Trinajstić information content (AvgIpc) is 3.17. The molecule has 7 heteroatoms. The fourth-order valence-corrected chi connectivity index (χ4v) is 3.80. The number of pyridine rings is 1. The summed E-state index contributed by atoms with van der Waals surface area (Å²) in [6, 6.07) is 21.6. The molecule has 0 aliphatic carbocycles. The quantitative estimate of drug-likeness (QED) is 0.480. The highest BCUT2D eigenvalue weighted by molar-refractivity contribution is 7.17. The fourth-order valence-electron chi connectivity index (χ4n) is 2.86. The number of hydrogen-bond acceptors (Lipinski definition) is 5. The zero-order valence-corrected chi connectivity index (χ0v) is 16.9. The molecule has 0 radical (unpaired) electrons. The maximum Gasteiger partial charge on any atom is 0.267 e. The monoisotopic (exact) mass is 414 g/mol. The molecule has 0 aliphatic heterocycles. The van der Waals surface area contributed by atoms with Crippen LogP contribution in [0.5, 0.6) is 0 Å². The van der Waals surface area contributed by atoms with Gasteiger partial charge in [-0.05, 0) is 49.4 Å². The van der Waals surface area contributed by atoms with Crippen LogP contribution < -0.4 is 10.6 Å². The van der Waals surface area contributed by atoms with Crippen molar-refractivity contribution in [2.45, 2.75) is 6.92 Å². The summed E-state index contributed by atoms with van der Waals surface area (Å²) >= 11 is 1.30. The van der Waals surface area contributed by atoms with Gasteiger partial charge >= 0.3 is 0 Å². The molecule has 2 aromatic carbocycles. The van der Waals surface area contributed by atoms with E-state index in [1.807, 2.05) is 36.4 Å². The van der Waals surface area contributed by atoms with Crippen LogP contribution in [0.3, 0.4) is 0 Å². The molecule has 2 heterocycles. The van der Waals surface area contributed by atoms with E-state index in [2.05, 4.69) is 20.6 Å². The molecule has 0 aliphatic rings. The van der Waals surface area contributed by atoms with Crippen LogP contribution in [-0.4, -0.2) is 21.8 Å². The second-order valence-corrected chi connectivity index (χ2v) is 7.50. The first kappa shape index (κ1) is 19.5. The van der Waals surface area contributed by atoms with Crippen LogP contribution in [0.2, 0.25) is 0 Å². The molecular weight excluding hydrogens is 396 g/mol. The molecule has 0 saturated heterocycles. The maximum absolute atomic E-state index is 12.8. The lowest BCUT2D eigenvalue weighted by Crippen LogP contribution is -2.13. The van der Waals surface area contributed by atoms with Gasteiger partial charge in [0.2, 0.25) is 0 Å². The Balaban J connectivity index is 1.48. The molecule has 0 saturated carbocycles. The molecule has 2 aromatic heterocycles. The third kappa shape index (κ3) is 4.42.